The Morgan fingerprint density at radius 2 is 1.76 bits per heavy atom. The Hall–Kier alpha value is -1.25. The summed E-state index contributed by atoms with van der Waals surface area (Å²) >= 11 is 0. The quantitative estimate of drug-likeness (QED) is 0.214. The lowest BCUT2D eigenvalue weighted by atomic mass is 9.81. The molecule has 284 valence electrons. The van der Waals surface area contributed by atoms with Crippen LogP contribution in [0.5, 0.6) is 0 Å². The van der Waals surface area contributed by atoms with Gasteiger partial charge in [0.1, 0.15) is 36.3 Å². The molecule has 11 heteroatoms. The van der Waals surface area contributed by atoms with Crippen LogP contribution in [0.1, 0.15) is 91.4 Å². The number of aliphatic hydroxyl groups excluding tert-OH is 3. The molecule has 6 heterocycles. The van der Waals surface area contributed by atoms with E-state index in [2.05, 4.69) is 33.9 Å². The molecule has 0 aromatic heterocycles. The predicted molar refractivity (Wildman–Crippen MR) is 185 cm³/mol. The zero-order chi connectivity index (χ0) is 35.7. The van der Waals surface area contributed by atoms with Crippen LogP contribution in [0, 0.1) is 17.8 Å². The minimum atomic E-state index is -0.953. The van der Waals surface area contributed by atoms with Crippen molar-refractivity contribution < 1.29 is 53.3 Å². The van der Waals surface area contributed by atoms with Crippen molar-refractivity contribution >= 4 is 5.78 Å². The van der Waals surface area contributed by atoms with E-state index >= 15 is 0 Å². The molecule has 6 aliphatic rings. The summed E-state index contributed by atoms with van der Waals surface area (Å²) in [6, 6.07) is 0. The van der Waals surface area contributed by atoms with Crippen LogP contribution in [0.25, 0.3) is 0 Å². The second-order valence-electron chi connectivity index (χ2n) is 16.0. The lowest BCUT2D eigenvalue weighted by Crippen LogP contribution is -2.62. The van der Waals surface area contributed by atoms with Crippen molar-refractivity contribution in [1.29, 1.82) is 0 Å². The molecule has 0 aromatic carbocycles. The first-order valence-corrected chi connectivity index (χ1v) is 19.3. The van der Waals surface area contributed by atoms with E-state index in [-0.39, 0.29) is 92.5 Å². The highest BCUT2D eigenvalue weighted by molar-refractivity contribution is 5.79. The number of allylic oxidation sites excluding steroid dienone is 1. The van der Waals surface area contributed by atoms with Gasteiger partial charge in [-0.2, -0.15) is 0 Å². The van der Waals surface area contributed by atoms with Crippen LogP contribution in [0.4, 0.5) is 0 Å². The van der Waals surface area contributed by atoms with Gasteiger partial charge < -0.3 is 48.5 Å². The Kier molecular flexibility index (Phi) is 12.9. The molecule has 6 saturated heterocycles. The highest BCUT2D eigenvalue weighted by atomic mass is 16.6. The molecule has 2 bridgehead atoms. The zero-order valence-electron chi connectivity index (χ0n) is 30.5. The normalized spacial score (nSPS) is 44.0. The summed E-state index contributed by atoms with van der Waals surface area (Å²) in [5.74, 6) is 0.521. The number of Topliss-reactive ketones (excluding diaryl/α,β-unsaturated/α-hetero) is 1. The van der Waals surface area contributed by atoms with Gasteiger partial charge in [0.15, 0.2) is 0 Å². The molecular weight excluding hydrogens is 644 g/mol. The van der Waals surface area contributed by atoms with Gasteiger partial charge in [0.25, 0.3) is 0 Å². The first-order chi connectivity index (χ1) is 24.0. The Morgan fingerprint density at radius 1 is 0.980 bits per heavy atom. The molecule has 0 aromatic rings. The lowest BCUT2D eigenvalue weighted by Gasteiger charge is -2.47. The van der Waals surface area contributed by atoms with Crippen molar-refractivity contribution in [3.63, 3.8) is 0 Å². The van der Waals surface area contributed by atoms with E-state index in [9.17, 15) is 20.1 Å². The van der Waals surface area contributed by atoms with Gasteiger partial charge in [-0.15, -0.1) is 0 Å². The average Bonchev–Trinajstić information content (AvgIpc) is 3.47. The van der Waals surface area contributed by atoms with Gasteiger partial charge in [-0.05, 0) is 62.4 Å². The monoisotopic (exact) mass is 706 g/mol. The number of carbonyl (C=O) groups excluding carboxylic acids is 1. The first kappa shape index (κ1) is 38.5. The zero-order valence-corrected chi connectivity index (χ0v) is 30.5. The van der Waals surface area contributed by atoms with Gasteiger partial charge in [0.2, 0.25) is 0 Å². The summed E-state index contributed by atoms with van der Waals surface area (Å²) in [6.45, 7) is 15.4. The molecule has 3 N–H and O–H groups in total. The second-order valence-corrected chi connectivity index (χ2v) is 16.0. The number of ether oxygens (including phenoxy) is 7. The molecular formula is C39H62O11. The fraction of sp³-hybridized carbons (Fsp3) is 0.872. The van der Waals surface area contributed by atoms with Crippen molar-refractivity contribution in [1.82, 2.24) is 0 Å². The molecule has 12 unspecified atom stereocenters. The van der Waals surface area contributed by atoms with Crippen LogP contribution in [0.15, 0.2) is 24.3 Å². The van der Waals surface area contributed by atoms with Crippen LogP contribution in [0.3, 0.4) is 0 Å². The Labute approximate surface area is 298 Å². The summed E-state index contributed by atoms with van der Waals surface area (Å²) in [7, 11) is 1.62. The molecule has 0 aliphatic carbocycles. The number of ketones is 1. The lowest BCUT2D eigenvalue weighted by molar-refractivity contribution is -0.265. The molecule has 0 saturated carbocycles. The van der Waals surface area contributed by atoms with Crippen molar-refractivity contribution in [2.45, 2.75) is 177 Å². The topological polar surface area (TPSA) is 142 Å². The fourth-order valence-corrected chi connectivity index (χ4v) is 9.46. The SMILES string of the molecule is C=C(CC)C(C)CCC1C[C@@H](C)C(=C)C(CC2OC(CC(O)CO)[C@H](OC)C2CC(=O)CC2CCC3O[C@@H]4C5O[C@H](CCOC5[C@H]3O2)C4O)O1. The van der Waals surface area contributed by atoms with Crippen LogP contribution in [-0.4, -0.2) is 127 Å². The van der Waals surface area contributed by atoms with Crippen LogP contribution >= 0.6 is 0 Å². The Morgan fingerprint density at radius 3 is 2.50 bits per heavy atom. The maximum absolute atomic E-state index is 13.9. The number of aliphatic hydroxyl groups is 3. The molecule has 0 amide bonds. The van der Waals surface area contributed by atoms with Crippen molar-refractivity contribution in [2.24, 2.45) is 17.8 Å². The number of fused-ring (bicyclic) bond motifs is 3. The van der Waals surface area contributed by atoms with Gasteiger partial charge in [-0.25, -0.2) is 0 Å². The fourth-order valence-electron chi connectivity index (χ4n) is 9.46. The van der Waals surface area contributed by atoms with E-state index in [1.807, 2.05) is 0 Å². The highest BCUT2D eigenvalue weighted by Crippen LogP contribution is 2.44. The standard InChI is InChI=1S/C39H62O11/c1-7-20(2)21(3)8-9-26-14-22(4)23(5)31(46-26)18-32-28(35(44-6)33(48-32)17-25(42)19-40)16-24(41)15-27-10-11-30-36(47-27)38-39-37(50-30)34(43)29(49-39)12-13-45-38/h21-22,25-40,42-43H,2,5,7-19H2,1,3-4,6H3/t21?,22-,25?,26?,27?,28?,29-,30?,31?,32?,33?,34?,35-,36+,37+,38?,39?/m1/s1. The number of hydrogen-bond acceptors (Lipinski definition) is 11. The molecule has 17 atom stereocenters. The van der Waals surface area contributed by atoms with Crippen LogP contribution in [0.2, 0.25) is 0 Å². The summed E-state index contributed by atoms with van der Waals surface area (Å²) in [5, 5.41) is 30.7. The van der Waals surface area contributed by atoms with Gasteiger partial charge in [-0.3, -0.25) is 4.79 Å². The number of methoxy groups -OCH3 is 1. The van der Waals surface area contributed by atoms with Gasteiger partial charge in [0, 0.05) is 45.3 Å². The van der Waals surface area contributed by atoms with Crippen LogP contribution in [-0.2, 0) is 38.0 Å². The smallest absolute Gasteiger partial charge is 0.135 e. The van der Waals surface area contributed by atoms with E-state index in [4.69, 9.17) is 33.2 Å². The largest absolute Gasteiger partial charge is 0.394 e. The molecule has 6 aliphatic heterocycles. The summed E-state index contributed by atoms with van der Waals surface area (Å²) < 4.78 is 44.5. The van der Waals surface area contributed by atoms with Crippen molar-refractivity contribution in [3.05, 3.63) is 24.3 Å². The summed E-state index contributed by atoms with van der Waals surface area (Å²) in [4.78, 5) is 13.9. The van der Waals surface area contributed by atoms with Crippen molar-refractivity contribution in [3.8, 4) is 0 Å². The molecule has 11 nitrogen and oxygen atoms in total. The minimum Gasteiger partial charge on any atom is -0.394 e. The van der Waals surface area contributed by atoms with E-state index < -0.39 is 30.5 Å². The molecule has 6 fully saturated rings. The Balaban J connectivity index is 1.11. The number of carbonyl (C=O) groups is 1. The molecule has 0 radical (unpaired) electrons. The minimum absolute atomic E-state index is 0.0567. The molecule has 50 heavy (non-hydrogen) atoms. The average molecular weight is 707 g/mol. The molecule has 0 spiro atoms. The third-order valence-corrected chi connectivity index (χ3v) is 12.6. The van der Waals surface area contributed by atoms with E-state index in [1.165, 1.54) is 5.57 Å². The third-order valence-electron chi connectivity index (χ3n) is 12.6. The number of rotatable bonds is 15. The summed E-state index contributed by atoms with van der Waals surface area (Å²) in [6.07, 6.45) is 1.79. The maximum Gasteiger partial charge on any atom is 0.135 e. The first-order valence-electron chi connectivity index (χ1n) is 19.3. The van der Waals surface area contributed by atoms with Gasteiger partial charge >= 0.3 is 0 Å². The van der Waals surface area contributed by atoms with E-state index in [1.54, 1.807) is 7.11 Å². The van der Waals surface area contributed by atoms with Crippen molar-refractivity contribution in [2.75, 3.05) is 20.3 Å². The Bertz CT molecular complexity index is 1180. The number of hydrogen-bond donors (Lipinski definition) is 3. The summed E-state index contributed by atoms with van der Waals surface area (Å²) in [5.41, 5.74) is 2.31. The van der Waals surface area contributed by atoms with Gasteiger partial charge in [-0.1, -0.05) is 39.5 Å². The second kappa shape index (κ2) is 16.8. The van der Waals surface area contributed by atoms with E-state index in [0.717, 1.165) is 31.3 Å². The third kappa shape index (κ3) is 8.27. The maximum atomic E-state index is 13.9. The van der Waals surface area contributed by atoms with Gasteiger partial charge in [0.05, 0.1) is 61.5 Å². The predicted octanol–water partition coefficient (Wildman–Crippen LogP) is 3.83. The molecule has 6 rings (SSSR count). The van der Waals surface area contributed by atoms with E-state index in [0.29, 0.717) is 44.1 Å². The highest BCUT2D eigenvalue weighted by Gasteiger charge is 2.59. The van der Waals surface area contributed by atoms with Crippen LogP contribution < -0.4 is 0 Å².